The molecule has 1 atom stereocenters. The molecule has 0 aromatic carbocycles. The smallest absolute Gasteiger partial charge is 0.00789 e. The van der Waals surface area contributed by atoms with Gasteiger partial charge in [-0.2, -0.15) is 0 Å². The summed E-state index contributed by atoms with van der Waals surface area (Å²) in [6.07, 6.45) is 6.77. The summed E-state index contributed by atoms with van der Waals surface area (Å²) in [5.41, 5.74) is 5.55. The molecule has 0 aromatic rings. The highest BCUT2D eigenvalue weighted by Crippen LogP contribution is 2.13. The topological polar surface area (TPSA) is 29.3 Å². The first-order chi connectivity index (χ1) is 5.84. The molecule has 1 heterocycles. The van der Waals surface area contributed by atoms with Gasteiger partial charge >= 0.3 is 0 Å². The van der Waals surface area contributed by atoms with Gasteiger partial charge in [0, 0.05) is 6.04 Å². The van der Waals surface area contributed by atoms with Gasteiger partial charge < -0.3 is 10.6 Å². The van der Waals surface area contributed by atoms with Crippen LogP contribution in [0.25, 0.3) is 0 Å². The minimum atomic E-state index is 0.702. The van der Waals surface area contributed by atoms with E-state index in [1.165, 1.54) is 38.8 Å². The predicted octanol–water partition coefficient (Wildman–Crippen LogP) is 1.60. The molecule has 0 saturated carbocycles. The number of hydrogen-bond acceptors (Lipinski definition) is 2. The van der Waals surface area contributed by atoms with Crippen molar-refractivity contribution in [2.24, 2.45) is 5.73 Å². The summed E-state index contributed by atoms with van der Waals surface area (Å²) >= 11 is 0. The van der Waals surface area contributed by atoms with Crippen molar-refractivity contribution >= 4 is 0 Å². The van der Waals surface area contributed by atoms with E-state index in [0.29, 0.717) is 6.04 Å². The summed E-state index contributed by atoms with van der Waals surface area (Å²) in [6.45, 7) is 5.72. The molecule has 0 amide bonds. The second-order valence-electron chi connectivity index (χ2n) is 3.88. The lowest BCUT2D eigenvalue weighted by Gasteiger charge is -2.26. The van der Waals surface area contributed by atoms with Gasteiger partial charge in [0.15, 0.2) is 0 Å². The van der Waals surface area contributed by atoms with Gasteiger partial charge in [0.25, 0.3) is 0 Å². The molecule has 72 valence electrons. The van der Waals surface area contributed by atoms with Gasteiger partial charge in [0.1, 0.15) is 0 Å². The maximum Gasteiger partial charge on any atom is 0.00789 e. The first-order valence-corrected chi connectivity index (χ1v) is 5.28. The molecular weight excluding hydrogens is 148 g/mol. The van der Waals surface area contributed by atoms with Crippen molar-refractivity contribution in [2.75, 3.05) is 19.6 Å². The summed E-state index contributed by atoms with van der Waals surface area (Å²) in [7, 11) is 0. The van der Waals surface area contributed by atoms with E-state index in [0.717, 1.165) is 13.0 Å². The predicted molar refractivity (Wildman–Crippen MR) is 53.2 cm³/mol. The molecule has 1 fully saturated rings. The number of nitrogens with two attached hydrogens (primary N) is 1. The third-order valence-corrected chi connectivity index (χ3v) is 2.85. The zero-order valence-electron chi connectivity index (χ0n) is 8.26. The molecule has 0 bridgehead atoms. The van der Waals surface area contributed by atoms with Crippen molar-refractivity contribution < 1.29 is 0 Å². The lowest BCUT2D eigenvalue weighted by molar-refractivity contribution is 0.209. The van der Waals surface area contributed by atoms with Crippen LogP contribution in [0.1, 0.15) is 39.0 Å². The van der Waals surface area contributed by atoms with Crippen LogP contribution in [0.4, 0.5) is 0 Å². The Balaban J connectivity index is 2.27. The Hall–Kier alpha value is -0.0800. The molecule has 0 aromatic heterocycles. The zero-order valence-corrected chi connectivity index (χ0v) is 8.26. The maximum absolute atomic E-state index is 5.55. The third kappa shape index (κ3) is 3.11. The van der Waals surface area contributed by atoms with E-state index in [9.17, 15) is 0 Å². The lowest BCUT2D eigenvalue weighted by Crippen LogP contribution is -2.35. The molecule has 2 heteroatoms. The summed E-state index contributed by atoms with van der Waals surface area (Å²) in [6, 6.07) is 0.702. The van der Waals surface area contributed by atoms with Crippen molar-refractivity contribution in [3.63, 3.8) is 0 Å². The van der Waals surface area contributed by atoms with Crippen LogP contribution in [0.3, 0.4) is 0 Å². The van der Waals surface area contributed by atoms with Gasteiger partial charge in [0.05, 0.1) is 0 Å². The van der Waals surface area contributed by atoms with Crippen LogP contribution in [0.2, 0.25) is 0 Å². The van der Waals surface area contributed by atoms with E-state index < -0.39 is 0 Å². The van der Waals surface area contributed by atoms with Crippen molar-refractivity contribution in [1.29, 1.82) is 0 Å². The second-order valence-corrected chi connectivity index (χ2v) is 3.88. The summed E-state index contributed by atoms with van der Waals surface area (Å²) in [5, 5.41) is 0. The molecule has 1 saturated heterocycles. The number of likely N-dealkylation sites (tertiary alicyclic amines) is 1. The fraction of sp³-hybridized carbons (Fsp3) is 1.00. The van der Waals surface area contributed by atoms with Gasteiger partial charge in [-0.15, -0.1) is 0 Å². The van der Waals surface area contributed by atoms with Crippen LogP contribution >= 0.6 is 0 Å². The van der Waals surface area contributed by atoms with Crippen molar-refractivity contribution in [3.05, 3.63) is 0 Å². The van der Waals surface area contributed by atoms with Gasteiger partial charge in [-0.25, -0.2) is 0 Å². The van der Waals surface area contributed by atoms with E-state index in [1.54, 1.807) is 0 Å². The van der Waals surface area contributed by atoms with Crippen LogP contribution in [0.15, 0.2) is 0 Å². The number of hydrogen-bond donors (Lipinski definition) is 1. The normalized spacial score (nSPS) is 23.5. The third-order valence-electron chi connectivity index (χ3n) is 2.85. The molecular formula is C10H22N2. The Morgan fingerprint density at radius 2 is 1.75 bits per heavy atom. The summed E-state index contributed by atoms with van der Waals surface area (Å²) in [5.74, 6) is 0. The number of nitrogens with zero attached hydrogens (tertiary/aromatic N) is 1. The minimum absolute atomic E-state index is 0.702. The maximum atomic E-state index is 5.55. The monoisotopic (exact) mass is 170 g/mol. The first kappa shape index (κ1) is 10.0. The van der Waals surface area contributed by atoms with Gasteiger partial charge in [-0.1, -0.05) is 12.8 Å². The molecule has 12 heavy (non-hydrogen) atoms. The van der Waals surface area contributed by atoms with E-state index in [2.05, 4.69) is 11.8 Å². The second kappa shape index (κ2) is 5.55. The van der Waals surface area contributed by atoms with Gasteiger partial charge in [-0.05, 0) is 45.8 Å². The zero-order chi connectivity index (χ0) is 8.81. The summed E-state index contributed by atoms with van der Waals surface area (Å²) < 4.78 is 0. The Morgan fingerprint density at radius 1 is 1.17 bits per heavy atom. The molecule has 0 radical (unpaired) electrons. The average Bonchev–Trinajstić information content (AvgIpc) is 2.32. The fourth-order valence-electron chi connectivity index (χ4n) is 1.96. The quantitative estimate of drug-likeness (QED) is 0.697. The van der Waals surface area contributed by atoms with Gasteiger partial charge in [-0.3, -0.25) is 0 Å². The minimum Gasteiger partial charge on any atom is -0.330 e. The van der Waals surface area contributed by atoms with Crippen LogP contribution in [0.5, 0.6) is 0 Å². The molecule has 0 spiro atoms. The molecule has 2 N–H and O–H groups in total. The molecule has 2 nitrogen and oxygen atoms in total. The van der Waals surface area contributed by atoms with E-state index in [1.807, 2.05) is 0 Å². The van der Waals surface area contributed by atoms with Crippen molar-refractivity contribution in [2.45, 2.75) is 45.1 Å². The molecule has 1 aliphatic rings. The number of rotatable bonds is 3. The Morgan fingerprint density at radius 3 is 2.25 bits per heavy atom. The molecule has 0 aliphatic carbocycles. The molecule has 1 aliphatic heterocycles. The van der Waals surface area contributed by atoms with E-state index in [4.69, 9.17) is 5.73 Å². The van der Waals surface area contributed by atoms with Crippen LogP contribution in [0, 0.1) is 0 Å². The Labute approximate surface area is 76.1 Å². The van der Waals surface area contributed by atoms with Gasteiger partial charge in [0.2, 0.25) is 0 Å². The highest BCUT2D eigenvalue weighted by molar-refractivity contribution is 4.70. The largest absolute Gasteiger partial charge is 0.330 e. The Bertz CT molecular complexity index is 106. The lowest BCUT2D eigenvalue weighted by atomic mass is 10.2. The van der Waals surface area contributed by atoms with Crippen molar-refractivity contribution in [3.8, 4) is 0 Å². The Kier molecular flexibility index (Phi) is 4.62. The van der Waals surface area contributed by atoms with Crippen molar-refractivity contribution in [1.82, 2.24) is 4.90 Å². The standard InChI is InChI=1S/C10H22N2/c1-10(6-7-11)12-8-4-2-3-5-9-12/h10H,2-9,11H2,1H3/t10-/m0/s1. The highest BCUT2D eigenvalue weighted by Gasteiger charge is 2.14. The van der Waals surface area contributed by atoms with E-state index >= 15 is 0 Å². The molecule has 0 unspecified atom stereocenters. The molecule has 1 rings (SSSR count). The van der Waals surface area contributed by atoms with Crippen LogP contribution in [-0.2, 0) is 0 Å². The van der Waals surface area contributed by atoms with Crippen LogP contribution in [-0.4, -0.2) is 30.6 Å². The first-order valence-electron chi connectivity index (χ1n) is 5.28. The van der Waals surface area contributed by atoms with Crippen LogP contribution < -0.4 is 5.73 Å². The van der Waals surface area contributed by atoms with E-state index in [-0.39, 0.29) is 0 Å². The SMILES string of the molecule is C[C@@H](CCN)N1CCCCCC1. The average molecular weight is 170 g/mol. The summed E-state index contributed by atoms with van der Waals surface area (Å²) in [4.78, 5) is 2.60. The highest BCUT2D eigenvalue weighted by atomic mass is 15.1. The fourth-order valence-corrected chi connectivity index (χ4v) is 1.96.